The highest BCUT2D eigenvalue weighted by Gasteiger charge is 2.55. The second-order valence-electron chi connectivity index (χ2n) is 7.70. The molecule has 0 aromatic heterocycles. The molecule has 1 saturated heterocycles. The van der Waals surface area contributed by atoms with Crippen LogP contribution in [0, 0.1) is 13.8 Å². The van der Waals surface area contributed by atoms with E-state index in [1.54, 1.807) is 19.1 Å². The third kappa shape index (κ3) is 3.20. The van der Waals surface area contributed by atoms with Gasteiger partial charge in [-0.15, -0.1) is 0 Å². The molecule has 0 saturated carbocycles. The molecule has 2 aliphatic rings. The zero-order valence-electron chi connectivity index (χ0n) is 16.7. The zero-order chi connectivity index (χ0) is 21.5. The van der Waals surface area contributed by atoms with Crippen LogP contribution < -0.4 is 16.2 Å². The number of rotatable bonds is 3. The summed E-state index contributed by atoms with van der Waals surface area (Å²) < 4.78 is 0. The number of urea groups is 1. The number of fused-ring (bicyclic) bond motifs is 2. The molecule has 1 unspecified atom stereocenters. The number of carbonyl (C=O) groups excluding carboxylic acids is 4. The molecular formula is C22H22N4O4. The normalized spacial score (nSPS) is 19.6. The molecule has 2 aromatic carbocycles. The first-order valence-corrected chi connectivity index (χ1v) is 9.71. The third-order valence-electron chi connectivity index (χ3n) is 5.67. The van der Waals surface area contributed by atoms with Crippen molar-refractivity contribution in [3.05, 3.63) is 70.3 Å². The molecule has 1 fully saturated rings. The second kappa shape index (κ2) is 7.29. The number of hydrogen-bond acceptors (Lipinski definition) is 4. The Balaban J connectivity index is 1.41. The van der Waals surface area contributed by atoms with E-state index in [2.05, 4.69) is 16.2 Å². The number of aryl methyl sites for hydroxylation is 3. The maximum Gasteiger partial charge on any atom is 0.325 e. The van der Waals surface area contributed by atoms with Crippen LogP contribution in [0.3, 0.4) is 0 Å². The summed E-state index contributed by atoms with van der Waals surface area (Å²) in [7, 11) is 0. The summed E-state index contributed by atoms with van der Waals surface area (Å²) in [6.45, 7) is 3.24. The van der Waals surface area contributed by atoms with Gasteiger partial charge in [0, 0.05) is 5.56 Å². The summed E-state index contributed by atoms with van der Waals surface area (Å²) in [5.41, 5.74) is 7.50. The maximum atomic E-state index is 13.0. The van der Waals surface area contributed by atoms with E-state index in [1.165, 1.54) is 0 Å². The summed E-state index contributed by atoms with van der Waals surface area (Å²) in [5.74, 6) is -1.59. The van der Waals surface area contributed by atoms with Gasteiger partial charge in [-0.25, -0.2) is 4.79 Å². The van der Waals surface area contributed by atoms with Gasteiger partial charge in [0.1, 0.15) is 12.1 Å². The van der Waals surface area contributed by atoms with Crippen molar-refractivity contribution in [2.75, 3.05) is 6.54 Å². The minimum Gasteiger partial charge on any atom is -0.319 e. The van der Waals surface area contributed by atoms with Gasteiger partial charge in [0.15, 0.2) is 0 Å². The first kappa shape index (κ1) is 19.6. The van der Waals surface area contributed by atoms with E-state index in [4.69, 9.17) is 0 Å². The van der Waals surface area contributed by atoms with Crippen molar-refractivity contribution >= 4 is 23.8 Å². The van der Waals surface area contributed by atoms with Crippen LogP contribution in [-0.2, 0) is 21.5 Å². The first-order valence-electron chi connectivity index (χ1n) is 9.71. The van der Waals surface area contributed by atoms with Gasteiger partial charge in [-0.3, -0.25) is 30.1 Å². The van der Waals surface area contributed by atoms with Gasteiger partial charge >= 0.3 is 6.03 Å². The number of carbonyl (C=O) groups is 4. The number of hydrazine groups is 1. The van der Waals surface area contributed by atoms with Crippen LogP contribution in [-0.4, -0.2) is 35.2 Å². The fourth-order valence-corrected chi connectivity index (χ4v) is 4.18. The van der Waals surface area contributed by atoms with Crippen LogP contribution in [0.4, 0.5) is 4.79 Å². The van der Waals surface area contributed by atoms with Gasteiger partial charge in [-0.1, -0.05) is 42.0 Å². The molecule has 1 aliphatic carbocycles. The fourth-order valence-electron chi connectivity index (χ4n) is 4.18. The van der Waals surface area contributed by atoms with Crippen LogP contribution in [0.5, 0.6) is 0 Å². The molecule has 1 spiro atoms. The summed E-state index contributed by atoms with van der Waals surface area (Å²) in [4.78, 5) is 51.0. The van der Waals surface area contributed by atoms with E-state index in [9.17, 15) is 19.2 Å². The summed E-state index contributed by atoms with van der Waals surface area (Å²) in [6, 6.07) is 12.2. The van der Waals surface area contributed by atoms with Crippen molar-refractivity contribution in [3.8, 4) is 0 Å². The van der Waals surface area contributed by atoms with Gasteiger partial charge in [0.2, 0.25) is 0 Å². The summed E-state index contributed by atoms with van der Waals surface area (Å²) >= 11 is 0. The molecule has 2 aromatic rings. The Bertz CT molecular complexity index is 1080. The van der Waals surface area contributed by atoms with E-state index in [0.717, 1.165) is 27.2 Å². The number of nitrogens with zero attached hydrogens (tertiary/aromatic N) is 1. The van der Waals surface area contributed by atoms with Gasteiger partial charge in [0.25, 0.3) is 17.7 Å². The SMILES string of the molecule is Cc1ccc(C(=O)NNC(=O)CN2C(=O)NC3(CCc4ccccc43)C2=O)c(C)c1. The smallest absolute Gasteiger partial charge is 0.319 e. The Labute approximate surface area is 173 Å². The highest BCUT2D eigenvalue weighted by atomic mass is 16.2. The van der Waals surface area contributed by atoms with E-state index in [1.807, 2.05) is 37.3 Å². The second-order valence-corrected chi connectivity index (χ2v) is 7.70. The van der Waals surface area contributed by atoms with Crippen LogP contribution in [0.2, 0.25) is 0 Å². The molecule has 30 heavy (non-hydrogen) atoms. The molecule has 1 aliphatic heterocycles. The Morgan fingerprint density at radius 2 is 1.87 bits per heavy atom. The predicted molar refractivity (Wildman–Crippen MR) is 108 cm³/mol. The summed E-state index contributed by atoms with van der Waals surface area (Å²) in [5, 5.41) is 2.76. The van der Waals surface area contributed by atoms with Gasteiger partial charge in [-0.2, -0.15) is 0 Å². The number of amides is 5. The standard InChI is InChI=1S/C22H22N4O4/c1-13-7-8-16(14(2)11-13)19(28)25-24-18(27)12-26-20(29)22(23-21(26)30)10-9-15-5-3-4-6-17(15)22/h3-8,11H,9-10,12H2,1-2H3,(H,23,30)(H,24,27)(H,25,28). The van der Waals surface area contributed by atoms with E-state index in [-0.39, 0.29) is 0 Å². The van der Waals surface area contributed by atoms with Gasteiger partial charge < -0.3 is 5.32 Å². The maximum absolute atomic E-state index is 13.0. The monoisotopic (exact) mass is 406 g/mol. The first-order chi connectivity index (χ1) is 14.3. The lowest BCUT2D eigenvalue weighted by Gasteiger charge is -2.22. The van der Waals surface area contributed by atoms with Crippen LogP contribution in [0.1, 0.15) is 39.0 Å². The molecule has 5 amide bonds. The summed E-state index contributed by atoms with van der Waals surface area (Å²) in [6.07, 6.45) is 1.13. The molecule has 4 rings (SSSR count). The largest absolute Gasteiger partial charge is 0.325 e. The van der Waals surface area contributed by atoms with Gasteiger partial charge in [-0.05, 0) is 49.4 Å². The van der Waals surface area contributed by atoms with Crippen molar-refractivity contribution in [2.45, 2.75) is 32.2 Å². The Kier molecular flexibility index (Phi) is 4.77. The fraction of sp³-hybridized carbons (Fsp3) is 0.273. The van der Waals surface area contributed by atoms with Crippen molar-refractivity contribution in [1.82, 2.24) is 21.1 Å². The third-order valence-corrected chi connectivity index (χ3v) is 5.67. The van der Waals surface area contributed by atoms with E-state index < -0.39 is 35.8 Å². The lowest BCUT2D eigenvalue weighted by atomic mass is 9.92. The molecule has 154 valence electrons. The van der Waals surface area contributed by atoms with Crippen molar-refractivity contribution in [2.24, 2.45) is 0 Å². The van der Waals surface area contributed by atoms with Gasteiger partial charge in [0.05, 0.1) is 0 Å². The van der Waals surface area contributed by atoms with Crippen molar-refractivity contribution in [3.63, 3.8) is 0 Å². The van der Waals surface area contributed by atoms with Crippen LogP contribution >= 0.6 is 0 Å². The molecule has 0 bridgehead atoms. The predicted octanol–water partition coefficient (Wildman–Crippen LogP) is 1.46. The van der Waals surface area contributed by atoms with E-state index >= 15 is 0 Å². The molecule has 1 atom stereocenters. The van der Waals surface area contributed by atoms with Crippen LogP contribution in [0.25, 0.3) is 0 Å². The topological polar surface area (TPSA) is 108 Å². The molecule has 8 heteroatoms. The minimum absolute atomic E-state index is 0.428. The lowest BCUT2D eigenvalue weighted by Crippen LogP contribution is -2.48. The van der Waals surface area contributed by atoms with E-state index in [0.29, 0.717) is 18.4 Å². The van der Waals surface area contributed by atoms with Crippen LogP contribution in [0.15, 0.2) is 42.5 Å². The number of benzene rings is 2. The van der Waals surface area contributed by atoms with Crippen molar-refractivity contribution < 1.29 is 19.2 Å². The van der Waals surface area contributed by atoms with Crippen molar-refractivity contribution in [1.29, 1.82) is 0 Å². The zero-order valence-corrected chi connectivity index (χ0v) is 16.7. The lowest BCUT2D eigenvalue weighted by molar-refractivity contribution is -0.135. The minimum atomic E-state index is -1.11. The molecule has 0 radical (unpaired) electrons. The molecule has 1 heterocycles. The Morgan fingerprint density at radius 1 is 1.10 bits per heavy atom. The Morgan fingerprint density at radius 3 is 2.63 bits per heavy atom. The Hall–Kier alpha value is -3.68. The highest BCUT2D eigenvalue weighted by molar-refractivity contribution is 6.10. The highest BCUT2D eigenvalue weighted by Crippen LogP contribution is 2.41. The average Bonchev–Trinajstić information content (AvgIpc) is 3.19. The number of hydrogen-bond donors (Lipinski definition) is 3. The molecule has 8 nitrogen and oxygen atoms in total. The number of nitrogens with one attached hydrogen (secondary N) is 3. The quantitative estimate of drug-likeness (QED) is 0.530. The molecular weight excluding hydrogens is 384 g/mol. The number of imide groups is 1. The molecule has 3 N–H and O–H groups in total. The average molecular weight is 406 g/mol.